The Kier molecular flexibility index (Phi) is 4.42. The van der Waals surface area contributed by atoms with Gasteiger partial charge in [0.15, 0.2) is 0 Å². The Morgan fingerprint density at radius 3 is 2.53 bits per heavy atom. The van der Waals surface area contributed by atoms with Crippen LogP contribution in [0, 0.1) is 5.92 Å². The first-order chi connectivity index (χ1) is 7.36. The van der Waals surface area contributed by atoms with Crippen molar-refractivity contribution in [2.24, 2.45) is 5.92 Å². The Morgan fingerprint density at radius 1 is 1.13 bits per heavy atom. The van der Waals surface area contributed by atoms with Gasteiger partial charge in [0.05, 0.1) is 0 Å². The number of piperazine rings is 1. The van der Waals surface area contributed by atoms with Gasteiger partial charge in [-0.15, -0.1) is 0 Å². The molecule has 3 heteroatoms. The van der Waals surface area contributed by atoms with Gasteiger partial charge in [-0.3, -0.25) is 0 Å². The molecule has 2 rings (SSSR count). The second-order valence-electron chi connectivity index (χ2n) is 5.11. The summed E-state index contributed by atoms with van der Waals surface area (Å²) in [5.41, 5.74) is 0. The molecule has 1 saturated carbocycles. The van der Waals surface area contributed by atoms with Crippen molar-refractivity contribution >= 4 is 0 Å². The van der Waals surface area contributed by atoms with Crippen molar-refractivity contribution < 1.29 is 5.21 Å². The average Bonchev–Trinajstić information content (AvgIpc) is 2.50. The van der Waals surface area contributed by atoms with Gasteiger partial charge in [0, 0.05) is 25.7 Å². The zero-order chi connectivity index (χ0) is 10.5. The third-order valence-corrected chi connectivity index (χ3v) is 3.90. The molecule has 2 fully saturated rings. The molecule has 1 unspecified atom stereocenters. The van der Waals surface area contributed by atoms with Crippen molar-refractivity contribution in [1.82, 2.24) is 10.4 Å². The molecule has 1 aliphatic carbocycles. The van der Waals surface area contributed by atoms with Crippen LogP contribution in [0.5, 0.6) is 0 Å². The van der Waals surface area contributed by atoms with Gasteiger partial charge in [0.25, 0.3) is 0 Å². The molecule has 0 aromatic heterocycles. The van der Waals surface area contributed by atoms with Crippen LogP contribution < -0.4 is 5.32 Å². The number of hydrogen-bond donors (Lipinski definition) is 2. The fourth-order valence-electron chi connectivity index (χ4n) is 2.94. The third kappa shape index (κ3) is 3.44. The standard InChI is InChI=1S/C12H24N2O/c15-14-8-7-13-10-12(14)9-11-5-3-1-2-4-6-11/h11-13,15H,1-10H2. The summed E-state index contributed by atoms with van der Waals surface area (Å²) in [6, 6.07) is 0.363. The first kappa shape index (κ1) is 11.4. The molecule has 1 heterocycles. The van der Waals surface area contributed by atoms with E-state index in [0.717, 1.165) is 25.6 Å². The Balaban J connectivity index is 1.78. The molecule has 0 bridgehead atoms. The summed E-state index contributed by atoms with van der Waals surface area (Å²) < 4.78 is 0. The number of hydroxylamine groups is 2. The second-order valence-corrected chi connectivity index (χ2v) is 5.11. The number of nitrogens with one attached hydrogen (secondary N) is 1. The zero-order valence-corrected chi connectivity index (χ0v) is 9.62. The third-order valence-electron chi connectivity index (χ3n) is 3.90. The largest absolute Gasteiger partial charge is 0.314 e. The quantitative estimate of drug-likeness (QED) is 0.687. The van der Waals surface area contributed by atoms with Crippen LogP contribution in [0.2, 0.25) is 0 Å². The van der Waals surface area contributed by atoms with E-state index < -0.39 is 0 Å². The van der Waals surface area contributed by atoms with Crippen LogP contribution in [0.4, 0.5) is 0 Å². The molecule has 0 aromatic rings. The molecule has 2 aliphatic rings. The van der Waals surface area contributed by atoms with Crippen LogP contribution in [0.15, 0.2) is 0 Å². The van der Waals surface area contributed by atoms with E-state index in [4.69, 9.17) is 0 Å². The Morgan fingerprint density at radius 2 is 1.87 bits per heavy atom. The van der Waals surface area contributed by atoms with E-state index in [1.54, 1.807) is 5.06 Å². The lowest BCUT2D eigenvalue weighted by atomic mass is 9.92. The van der Waals surface area contributed by atoms with Gasteiger partial charge in [-0.05, 0) is 12.3 Å². The molecule has 1 atom stereocenters. The van der Waals surface area contributed by atoms with Crippen molar-refractivity contribution in [2.45, 2.75) is 51.0 Å². The molecule has 3 nitrogen and oxygen atoms in total. The normalized spacial score (nSPS) is 31.4. The molecule has 1 aliphatic heterocycles. The summed E-state index contributed by atoms with van der Waals surface area (Å²) in [6.45, 7) is 2.68. The van der Waals surface area contributed by atoms with Gasteiger partial charge in [0.1, 0.15) is 0 Å². The highest BCUT2D eigenvalue weighted by Crippen LogP contribution is 2.27. The minimum absolute atomic E-state index is 0.363. The predicted molar refractivity (Wildman–Crippen MR) is 61.0 cm³/mol. The molecule has 0 spiro atoms. The highest BCUT2D eigenvalue weighted by atomic mass is 16.5. The van der Waals surface area contributed by atoms with Crippen molar-refractivity contribution in [1.29, 1.82) is 0 Å². The van der Waals surface area contributed by atoms with E-state index in [-0.39, 0.29) is 0 Å². The van der Waals surface area contributed by atoms with Gasteiger partial charge >= 0.3 is 0 Å². The van der Waals surface area contributed by atoms with Crippen LogP contribution in [0.25, 0.3) is 0 Å². The summed E-state index contributed by atoms with van der Waals surface area (Å²) in [5, 5.41) is 14.7. The van der Waals surface area contributed by atoms with Crippen LogP contribution in [-0.4, -0.2) is 35.9 Å². The minimum atomic E-state index is 0.363. The first-order valence-electron chi connectivity index (χ1n) is 6.52. The van der Waals surface area contributed by atoms with E-state index >= 15 is 0 Å². The van der Waals surface area contributed by atoms with E-state index in [9.17, 15) is 5.21 Å². The fourth-order valence-corrected chi connectivity index (χ4v) is 2.94. The fraction of sp³-hybridized carbons (Fsp3) is 1.00. The monoisotopic (exact) mass is 212 g/mol. The molecule has 88 valence electrons. The Hall–Kier alpha value is -0.120. The molecule has 2 N–H and O–H groups in total. The average molecular weight is 212 g/mol. The summed E-state index contributed by atoms with van der Waals surface area (Å²) >= 11 is 0. The molecule has 0 amide bonds. The van der Waals surface area contributed by atoms with E-state index in [1.807, 2.05) is 0 Å². The first-order valence-corrected chi connectivity index (χ1v) is 6.52. The van der Waals surface area contributed by atoms with Gasteiger partial charge in [0.2, 0.25) is 0 Å². The van der Waals surface area contributed by atoms with Gasteiger partial charge < -0.3 is 10.5 Å². The maximum Gasteiger partial charge on any atom is 0.0478 e. The van der Waals surface area contributed by atoms with Crippen molar-refractivity contribution in [3.8, 4) is 0 Å². The Labute approximate surface area is 92.8 Å². The van der Waals surface area contributed by atoms with Gasteiger partial charge in [-0.25, -0.2) is 0 Å². The molecule has 15 heavy (non-hydrogen) atoms. The molecule has 0 aromatic carbocycles. The van der Waals surface area contributed by atoms with Crippen LogP contribution in [0.1, 0.15) is 44.9 Å². The maximum atomic E-state index is 9.76. The van der Waals surface area contributed by atoms with Gasteiger partial charge in [-0.1, -0.05) is 38.5 Å². The summed E-state index contributed by atoms with van der Waals surface area (Å²) in [7, 11) is 0. The van der Waals surface area contributed by atoms with Crippen LogP contribution in [-0.2, 0) is 0 Å². The van der Waals surface area contributed by atoms with Crippen molar-refractivity contribution in [3.63, 3.8) is 0 Å². The highest BCUT2D eigenvalue weighted by molar-refractivity contribution is 4.78. The van der Waals surface area contributed by atoms with E-state index in [0.29, 0.717) is 6.04 Å². The lowest BCUT2D eigenvalue weighted by molar-refractivity contribution is -0.140. The van der Waals surface area contributed by atoms with Crippen LogP contribution in [0.3, 0.4) is 0 Å². The van der Waals surface area contributed by atoms with Gasteiger partial charge in [-0.2, -0.15) is 5.06 Å². The number of rotatable bonds is 2. The molecular formula is C12H24N2O. The number of hydrogen-bond acceptors (Lipinski definition) is 3. The van der Waals surface area contributed by atoms with Crippen molar-refractivity contribution in [3.05, 3.63) is 0 Å². The minimum Gasteiger partial charge on any atom is -0.314 e. The lowest BCUT2D eigenvalue weighted by Crippen LogP contribution is -2.50. The SMILES string of the molecule is ON1CCNCC1CC1CCCCCC1. The van der Waals surface area contributed by atoms with E-state index in [2.05, 4.69) is 5.32 Å². The van der Waals surface area contributed by atoms with Crippen LogP contribution >= 0.6 is 0 Å². The number of nitrogens with zero attached hydrogens (tertiary/aromatic N) is 1. The smallest absolute Gasteiger partial charge is 0.0478 e. The summed E-state index contributed by atoms with van der Waals surface area (Å²) in [4.78, 5) is 0. The highest BCUT2D eigenvalue weighted by Gasteiger charge is 2.24. The molecular weight excluding hydrogens is 188 g/mol. The lowest BCUT2D eigenvalue weighted by Gasteiger charge is -2.33. The summed E-state index contributed by atoms with van der Waals surface area (Å²) in [5.74, 6) is 0.854. The zero-order valence-electron chi connectivity index (χ0n) is 9.62. The predicted octanol–water partition coefficient (Wildman–Crippen LogP) is 2.01. The second kappa shape index (κ2) is 5.83. The molecule has 0 radical (unpaired) electrons. The maximum absolute atomic E-state index is 9.76. The Bertz CT molecular complexity index is 178. The summed E-state index contributed by atoms with van der Waals surface area (Å²) in [6.07, 6.45) is 9.58. The molecule has 1 saturated heterocycles. The van der Waals surface area contributed by atoms with E-state index in [1.165, 1.54) is 44.9 Å². The topological polar surface area (TPSA) is 35.5 Å². The van der Waals surface area contributed by atoms with Crippen molar-refractivity contribution in [2.75, 3.05) is 19.6 Å².